The molecule has 3 heteroatoms. The van der Waals surface area contributed by atoms with Crippen molar-refractivity contribution in [2.45, 2.75) is 52.5 Å². The normalized spacial score (nSPS) is 16.6. The third-order valence-electron chi connectivity index (χ3n) is 4.16. The highest BCUT2D eigenvalue weighted by molar-refractivity contribution is 6.30. The van der Waals surface area contributed by atoms with Gasteiger partial charge in [0.1, 0.15) is 5.75 Å². The molecule has 1 heterocycles. The summed E-state index contributed by atoms with van der Waals surface area (Å²) in [6, 6.07) is 4.62. The molecule has 1 aliphatic rings. The lowest BCUT2D eigenvalue weighted by molar-refractivity contribution is 0.336. The van der Waals surface area contributed by atoms with E-state index < -0.39 is 0 Å². The maximum Gasteiger partial charge on any atom is 0.125 e. The molecule has 0 saturated heterocycles. The lowest BCUT2D eigenvalue weighted by atomic mass is 9.90. The summed E-state index contributed by atoms with van der Waals surface area (Å²) in [7, 11) is 0. The zero-order chi connectivity index (χ0) is 14.5. The molecule has 1 aromatic rings. The number of hydrogen-bond donors (Lipinski definition) is 1. The SMILES string of the molecule is CCCC(C)C(Cc1cc(Cl)cc2c1OCC2)NCC. The molecule has 0 saturated carbocycles. The van der Waals surface area contributed by atoms with Crippen LogP contribution in [0.25, 0.3) is 0 Å². The summed E-state index contributed by atoms with van der Waals surface area (Å²) in [6.07, 6.45) is 4.46. The van der Waals surface area contributed by atoms with Gasteiger partial charge in [0.2, 0.25) is 0 Å². The molecule has 2 rings (SSSR count). The first-order valence-corrected chi connectivity index (χ1v) is 8.21. The molecule has 1 N–H and O–H groups in total. The molecular formula is C17H26ClNO. The minimum atomic E-state index is 0.492. The van der Waals surface area contributed by atoms with Gasteiger partial charge in [0.05, 0.1) is 6.61 Å². The van der Waals surface area contributed by atoms with Crippen LogP contribution in [-0.4, -0.2) is 19.2 Å². The number of rotatable bonds is 7. The summed E-state index contributed by atoms with van der Waals surface area (Å²) < 4.78 is 5.82. The first kappa shape index (κ1) is 15.7. The molecule has 112 valence electrons. The van der Waals surface area contributed by atoms with E-state index in [2.05, 4.69) is 32.2 Å². The van der Waals surface area contributed by atoms with Crippen LogP contribution in [0.1, 0.15) is 44.7 Å². The van der Waals surface area contributed by atoms with Gasteiger partial charge in [-0.1, -0.05) is 38.8 Å². The van der Waals surface area contributed by atoms with Crippen molar-refractivity contribution in [3.63, 3.8) is 0 Å². The molecule has 0 bridgehead atoms. The highest BCUT2D eigenvalue weighted by Crippen LogP contribution is 2.34. The van der Waals surface area contributed by atoms with E-state index in [0.29, 0.717) is 12.0 Å². The molecule has 0 fully saturated rings. The summed E-state index contributed by atoms with van der Waals surface area (Å²) in [5, 5.41) is 4.46. The Morgan fingerprint density at radius 1 is 1.35 bits per heavy atom. The Labute approximate surface area is 127 Å². The Morgan fingerprint density at radius 2 is 2.15 bits per heavy atom. The highest BCUT2D eigenvalue weighted by Gasteiger charge is 2.22. The number of fused-ring (bicyclic) bond motifs is 1. The molecule has 1 aromatic carbocycles. The lowest BCUT2D eigenvalue weighted by Gasteiger charge is -2.25. The van der Waals surface area contributed by atoms with Gasteiger partial charge in [0.15, 0.2) is 0 Å². The Kier molecular flexibility index (Phi) is 5.74. The number of likely N-dealkylation sites (N-methyl/N-ethyl adjacent to an activating group) is 1. The van der Waals surface area contributed by atoms with Crippen LogP contribution in [0, 0.1) is 5.92 Å². The second kappa shape index (κ2) is 7.33. The fourth-order valence-electron chi connectivity index (χ4n) is 3.13. The molecule has 0 aromatic heterocycles. The average molecular weight is 296 g/mol. The minimum Gasteiger partial charge on any atom is -0.493 e. The van der Waals surface area contributed by atoms with E-state index in [1.165, 1.54) is 24.0 Å². The fourth-order valence-corrected chi connectivity index (χ4v) is 3.39. The third kappa shape index (κ3) is 3.67. The molecule has 2 nitrogen and oxygen atoms in total. The number of benzene rings is 1. The highest BCUT2D eigenvalue weighted by atomic mass is 35.5. The van der Waals surface area contributed by atoms with Crippen molar-refractivity contribution in [3.05, 3.63) is 28.3 Å². The largest absolute Gasteiger partial charge is 0.493 e. The van der Waals surface area contributed by atoms with E-state index >= 15 is 0 Å². The third-order valence-corrected chi connectivity index (χ3v) is 4.38. The number of hydrogen-bond acceptors (Lipinski definition) is 2. The Hall–Kier alpha value is -0.730. The summed E-state index contributed by atoms with van der Waals surface area (Å²) in [6.45, 7) is 8.55. The summed E-state index contributed by atoms with van der Waals surface area (Å²) >= 11 is 6.25. The minimum absolute atomic E-state index is 0.492. The fraction of sp³-hybridized carbons (Fsp3) is 0.647. The smallest absolute Gasteiger partial charge is 0.125 e. The average Bonchev–Trinajstić information content (AvgIpc) is 2.86. The van der Waals surface area contributed by atoms with E-state index in [4.69, 9.17) is 16.3 Å². The van der Waals surface area contributed by atoms with E-state index in [9.17, 15) is 0 Å². The number of nitrogens with one attached hydrogen (secondary N) is 1. The maximum absolute atomic E-state index is 6.25. The lowest BCUT2D eigenvalue weighted by Crippen LogP contribution is -2.36. The van der Waals surface area contributed by atoms with E-state index in [-0.39, 0.29) is 0 Å². The van der Waals surface area contributed by atoms with E-state index in [1.807, 2.05) is 6.07 Å². The molecule has 20 heavy (non-hydrogen) atoms. The van der Waals surface area contributed by atoms with Crippen molar-refractivity contribution < 1.29 is 4.74 Å². The predicted octanol–water partition coefficient (Wildman–Crippen LogP) is 4.23. The van der Waals surface area contributed by atoms with Crippen LogP contribution < -0.4 is 10.1 Å². The van der Waals surface area contributed by atoms with Crippen molar-refractivity contribution in [2.24, 2.45) is 5.92 Å². The molecular weight excluding hydrogens is 270 g/mol. The Morgan fingerprint density at radius 3 is 2.85 bits per heavy atom. The van der Waals surface area contributed by atoms with Crippen LogP contribution in [0.2, 0.25) is 5.02 Å². The zero-order valence-corrected chi connectivity index (χ0v) is 13.6. The molecule has 2 atom stereocenters. The van der Waals surface area contributed by atoms with Gasteiger partial charge in [-0.2, -0.15) is 0 Å². The number of halogens is 1. The second-order valence-corrected chi connectivity index (χ2v) is 6.22. The Balaban J connectivity index is 2.18. The first-order valence-electron chi connectivity index (χ1n) is 7.83. The van der Waals surface area contributed by atoms with Crippen molar-refractivity contribution in [2.75, 3.05) is 13.2 Å². The molecule has 0 radical (unpaired) electrons. The van der Waals surface area contributed by atoms with Crippen LogP contribution >= 0.6 is 11.6 Å². The molecule has 1 aliphatic heterocycles. The van der Waals surface area contributed by atoms with Gasteiger partial charge >= 0.3 is 0 Å². The van der Waals surface area contributed by atoms with E-state index in [0.717, 1.165) is 36.8 Å². The second-order valence-electron chi connectivity index (χ2n) is 5.79. The van der Waals surface area contributed by atoms with Gasteiger partial charge < -0.3 is 10.1 Å². The maximum atomic E-state index is 6.25. The van der Waals surface area contributed by atoms with Crippen molar-refractivity contribution in [1.29, 1.82) is 0 Å². The summed E-state index contributed by atoms with van der Waals surface area (Å²) in [4.78, 5) is 0. The quantitative estimate of drug-likeness (QED) is 0.813. The topological polar surface area (TPSA) is 21.3 Å². The van der Waals surface area contributed by atoms with Gasteiger partial charge in [-0.3, -0.25) is 0 Å². The van der Waals surface area contributed by atoms with Crippen molar-refractivity contribution >= 4 is 11.6 Å². The Bertz CT molecular complexity index is 447. The van der Waals surface area contributed by atoms with Gasteiger partial charge in [-0.05, 0) is 48.6 Å². The van der Waals surface area contributed by atoms with Gasteiger partial charge in [-0.15, -0.1) is 0 Å². The monoisotopic (exact) mass is 295 g/mol. The number of ether oxygens (including phenoxy) is 1. The summed E-state index contributed by atoms with van der Waals surface area (Å²) in [5.74, 6) is 1.75. The van der Waals surface area contributed by atoms with Crippen molar-refractivity contribution in [3.8, 4) is 5.75 Å². The van der Waals surface area contributed by atoms with Crippen LogP contribution in [0.15, 0.2) is 12.1 Å². The molecule has 0 amide bonds. The zero-order valence-electron chi connectivity index (χ0n) is 12.8. The first-order chi connectivity index (χ1) is 9.65. The molecule has 0 spiro atoms. The van der Waals surface area contributed by atoms with Crippen LogP contribution in [-0.2, 0) is 12.8 Å². The van der Waals surface area contributed by atoms with E-state index in [1.54, 1.807) is 0 Å². The standard InChI is InChI=1S/C17H26ClNO/c1-4-6-12(3)16(19-5-2)11-14-10-15(18)9-13-7-8-20-17(13)14/h9-10,12,16,19H,4-8,11H2,1-3H3. The van der Waals surface area contributed by atoms with Crippen LogP contribution in [0.3, 0.4) is 0 Å². The van der Waals surface area contributed by atoms with Crippen molar-refractivity contribution in [1.82, 2.24) is 5.32 Å². The molecule has 0 aliphatic carbocycles. The van der Waals surface area contributed by atoms with Crippen LogP contribution in [0.4, 0.5) is 0 Å². The van der Waals surface area contributed by atoms with Gasteiger partial charge in [0.25, 0.3) is 0 Å². The van der Waals surface area contributed by atoms with Crippen LogP contribution in [0.5, 0.6) is 5.75 Å². The molecule has 2 unspecified atom stereocenters. The van der Waals surface area contributed by atoms with Gasteiger partial charge in [-0.25, -0.2) is 0 Å². The van der Waals surface area contributed by atoms with Gasteiger partial charge in [0, 0.05) is 17.5 Å². The summed E-state index contributed by atoms with van der Waals surface area (Å²) in [5.41, 5.74) is 2.53. The predicted molar refractivity (Wildman–Crippen MR) is 85.9 cm³/mol.